The Morgan fingerprint density at radius 1 is 0.812 bits per heavy atom. The third-order valence-corrected chi connectivity index (χ3v) is 4.66. The summed E-state index contributed by atoms with van der Waals surface area (Å²) < 4.78 is 11.7. The second-order valence-electron chi connectivity index (χ2n) is 4.95. The van der Waals surface area contributed by atoms with E-state index in [2.05, 4.69) is 33.8 Å². The first-order chi connectivity index (χ1) is 7.35. The Labute approximate surface area is 104 Å². The van der Waals surface area contributed by atoms with Crippen molar-refractivity contribution in [1.29, 1.82) is 0 Å². The minimum Gasteiger partial charge on any atom is -0.476 e. The standard InChI is InChI=1S/C12H14O2S2/c1-11(2)13-7-5-8-10(6-9(7)15-11)16-12(3,4)14-8/h5-6H,1-4H3. The van der Waals surface area contributed by atoms with Gasteiger partial charge in [-0.3, -0.25) is 0 Å². The van der Waals surface area contributed by atoms with Crippen LogP contribution in [0.4, 0.5) is 0 Å². The third kappa shape index (κ3) is 1.68. The average molecular weight is 254 g/mol. The first-order valence-electron chi connectivity index (χ1n) is 5.29. The Kier molecular flexibility index (Phi) is 2.03. The first kappa shape index (κ1) is 10.7. The molecule has 0 spiro atoms. The molecule has 0 atom stereocenters. The predicted molar refractivity (Wildman–Crippen MR) is 67.6 cm³/mol. The van der Waals surface area contributed by atoms with Crippen LogP contribution in [-0.4, -0.2) is 9.87 Å². The van der Waals surface area contributed by atoms with E-state index in [1.54, 1.807) is 23.5 Å². The van der Waals surface area contributed by atoms with Crippen molar-refractivity contribution in [2.24, 2.45) is 0 Å². The molecule has 86 valence electrons. The minimum atomic E-state index is -0.155. The van der Waals surface area contributed by atoms with Crippen molar-refractivity contribution in [3.8, 4) is 11.5 Å². The molecule has 0 amide bonds. The molecule has 0 saturated carbocycles. The van der Waals surface area contributed by atoms with E-state index in [0.29, 0.717) is 0 Å². The van der Waals surface area contributed by atoms with E-state index >= 15 is 0 Å². The largest absolute Gasteiger partial charge is 0.476 e. The predicted octanol–water partition coefficient (Wildman–Crippen LogP) is 4.13. The van der Waals surface area contributed by atoms with Crippen LogP contribution in [0.1, 0.15) is 27.7 Å². The van der Waals surface area contributed by atoms with Crippen molar-refractivity contribution in [3.05, 3.63) is 12.1 Å². The quantitative estimate of drug-likeness (QED) is 0.692. The molecule has 0 radical (unpaired) electrons. The molecule has 1 aromatic carbocycles. The number of ether oxygens (including phenoxy) is 2. The van der Waals surface area contributed by atoms with Gasteiger partial charge in [0, 0.05) is 6.07 Å². The zero-order chi connectivity index (χ0) is 11.6. The number of hydrogen-bond donors (Lipinski definition) is 0. The molecule has 0 fully saturated rings. The van der Waals surface area contributed by atoms with E-state index in [1.807, 2.05) is 6.07 Å². The minimum absolute atomic E-state index is 0.155. The van der Waals surface area contributed by atoms with Crippen LogP contribution in [0.15, 0.2) is 21.9 Å². The summed E-state index contributed by atoms with van der Waals surface area (Å²) in [6.45, 7) is 8.34. The molecule has 0 saturated heterocycles. The molecular formula is C12H14O2S2. The number of rotatable bonds is 0. The summed E-state index contributed by atoms with van der Waals surface area (Å²) in [6, 6.07) is 4.21. The molecule has 0 aromatic heterocycles. The maximum Gasteiger partial charge on any atom is 0.153 e. The van der Waals surface area contributed by atoms with Crippen LogP contribution in [0.5, 0.6) is 11.5 Å². The second-order valence-corrected chi connectivity index (χ2v) is 8.21. The Morgan fingerprint density at radius 3 is 1.69 bits per heavy atom. The van der Waals surface area contributed by atoms with Crippen molar-refractivity contribution in [1.82, 2.24) is 0 Å². The van der Waals surface area contributed by atoms with Crippen LogP contribution < -0.4 is 9.47 Å². The van der Waals surface area contributed by atoms with Crippen molar-refractivity contribution in [2.45, 2.75) is 47.4 Å². The zero-order valence-corrected chi connectivity index (χ0v) is 11.4. The van der Waals surface area contributed by atoms with Gasteiger partial charge in [0.15, 0.2) is 9.87 Å². The van der Waals surface area contributed by atoms with E-state index in [0.717, 1.165) is 11.5 Å². The highest BCUT2D eigenvalue weighted by molar-refractivity contribution is 8.01. The van der Waals surface area contributed by atoms with E-state index < -0.39 is 0 Å². The lowest BCUT2D eigenvalue weighted by atomic mass is 10.3. The van der Waals surface area contributed by atoms with Gasteiger partial charge in [0.25, 0.3) is 0 Å². The Morgan fingerprint density at radius 2 is 1.25 bits per heavy atom. The molecule has 3 rings (SSSR count). The van der Waals surface area contributed by atoms with Crippen LogP contribution in [0.3, 0.4) is 0 Å². The van der Waals surface area contributed by atoms with Gasteiger partial charge in [0.2, 0.25) is 0 Å². The van der Waals surface area contributed by atoms with Crippen molar-refractivity contribution >= 4 is 23.5 Å². The average Bonchev–Trinajstić information content (AvgIpc) is 2.51. The van der Waals surface area contributed by atoms with Gasteiger partial charge in [-0.15, -0.1) is 0 Å². The molecule has 0 aliphatic carbocycles. The Hall–Kier alpha value is -0.480. The van der Waals surface area contributed by atoms with E-state index in [1.165, 1.54) is 9.79 Å². The van der Waals surface area contributed by atoms with E-state index in [-0.39, 0.29) is 9.87 Å². The fraction of sp³-hybridized carbons (Fsp3) is 0.500. The fourth-order valence-electron chi connectivity index (χ4n) is 1.94. The third-order valence-electron chi connectivity index (χ3n) is 2.43. The summed E-state index contributed by atoms with van der Waals surface area (Å²) in [5.74, 6) is 1.90. The molecule has 0 unspecified atom stereocenters. The zero-order valence-electron chi connectivity index (χ0n) is 9.79. The molecule has 0 N–H and O–H groups in total. The van der Waals surface area contributed by atoms with Crippen LogP contribution in [0.25, 0.3) is 0 Å². The highest BCUT2D eigenvalue weighted by Gasteiger charge is 2.37. The Balaban J connectivity index is 2.02. The first-order valence-corrected chi connectivity index (χ1v) is 6.92. The number of thioether (sulfide) groups is 2. The van der Waals surface area contributed by atoms with Gasteiger partial charge in [0.1, 0.15) is 11.5 Å². The summed E-state index contributed by atoms with van der Waals surface area (Å²) in [5, 5.41) is 0. The van der Waals surface area contributed by atoms with Gasteiger partial charge in [-0.2, -0.15) is 0 Å². The number of hydrogen-bond acceptors (Lipinski definition) is 4. The van der Waals surface area contributed by atoms with Crippen LogP contribution in [0, 0.1) is 0 Å². The topological polar surface area (TPSA) is 18.5 Å². The summed E-state index contributed by atoms with van der Waals surface area (Å²) in [4.78, 5) is 2.13. The summed E-state index contributed by atoms with van der Waals surface area (Å²) in [5.41, 5.74) is 0. The molecule has 2 heterocycles. The lowest BCUT2D eigenvalue weighted by Gasteiger charge is -2.16. The second kappa shape index (κ2) is 3.05. The normalized spacial score (nSPS) is 23.2. The van der Waals surface area contributed by atoms with Crippen molar-refractivity contribution in [3.63, 3.8) is 0 Å². The summed E-state index contributed by atoms with van der Waals surface area (Å²) in [6.07, 6.45) is 0. The monoisotopic (exact) mass is 254 g/mol. The maximum absolute atomic E-state index is 5.86. The molecular weight excluding hydrogens is 240 g/mol. The van der Waals surface area contributed by atoms with Gasteiger partial charge in [-0.1, -0.05) is 23.5 Å². The Bertz CT molecular complexity index is 388. The highest BCUT2D eigenvalue weighted by Crippen LogP contribution is 2.55. The van der Waals surface area contributed by atoms with Crippen molar-refractivity contribution in [2.75, 3.05) is 0 Å². The van der Waals surface area contributed by atoms with Crippen LogP contribution in [-0.2, 0) is 0 Å². The summed E-state index contributed by atoms with van der Waals surface area (Å²) >= 11 is 3.54. The van der Waals surface area contributed by atoms with Crippen LogP contribution in [0.2, 0.25) is 0 Å². The molecule has 2 aliphatic rings. The van der Waals surface area contributed by atoms with E-state index in [9.17, 15) is 0 Å². The molecule has 2 nitrogen and oxygen atoms in total. The van der Waals surface area contributed by atoms with Crippen LogP contribution >= 0.6 is 23.5 Å². The lowest BCUT2D eigenvalue weighted by Crippen LogP contribution is -2.18. The molecule has 16 heavy (non-hydrogen) atoms. The smallest absolute Gasteiger partial charge is 0.153 e. The highest BCUT2D eigenvalue weighted by atomic mass is 32.2. The SMILES string of the molecule is CC1(C)Oc2cc3c(cc2S1)SC(C)(C)O3. The lowest BCUT2D eigenvalue weighted by molar-refractivity contribution is 0.202. The molecule has 4 heteroatoms. The van der Waals surface area contributed by atoms with Gasteiger partial charge in [0.05, 0.1) is 9.79 Å². The number of fused-ring (bicyclic) bond motifs is 2. The van der Waals surface area contributed by atoms with Crippen molar-refractivity contribution < 1.29 is 9.47 Å². The molecule has 0 bridgehead atoms. The van der Waals surface area contributed by atoms with Gasteiger partial charge >= 0.3 is 0 Å². The van der Waals surface area contributed by atoms with Gasteiger partial charge in [-0.05, 0) is 33.8 Å². The van der Waals surface area contributed by atoms with Gasteiger partial charge in [-0.25, -0.2) is 0 Å². The summed E-state index contributed by atoms with van der Waals surface area (Å²) in [7, 11) is 0. The fourth-order valence-corrected chi connectivity index (χ4v) is 4.10. The maximum atomic E-state index is 5.86. The molecule has 1 aromatic rings. The molecule has 2 aliphatic heterocycles. The van der Waals surface area contributed by atoms with E-state index in [4.69, 9.17) is 9.47 Å². The van der Waals surface area contributed by atoms with Gasteiger partial charge < -0.3 is 9.47 Å². The number of benzene rings is 1.